The maximum atomic E-state index is 9.14. The molecule has 2 aromatic rings. The number of nitrogens with two attached hydrogens (primary N) is 1. The predicted octanol–water partition coefficient (Wildman–Crippen LogP) is 3.43. The number of nitrogen functional groups attached to an aromatic ring is 1. The lowest BCUT2D eigenvalue weighted by Crippen LogP contribution is -2.17. The minimum Gasteiger partial charge on any atom is -0.399 e. The first-order chi connectivity index (χ1) is 9.10. The van der Waals surface area contributed by atoms with Gasteiger partial charge in [-0.2, -0.15) is 5.26 Å². The number of nitriles is 1. The Labute approximate surface area is 117 Å². The topological polar surface area (TPSA) is 53.0 Å². The molecule has 96 valence electrons. The largest absolute Gasteiger partial charge is 0.399 e. The number of nitrogens with zero attached hydrogens (tertiary/aromatic N) is 2. The molecule has 0 aromatic heterocycles. The fraction of sp³-hybridized carbons (Fsp3) is 0.133. The molecule has 0 heterocycles. The van der Waals surface area contributed by atoms with Gasteiger partial charge in [0.1, 0.15) is 6.07 Å². The van der Waals surface area contributed by atoms with Crippen LogP contribution < -0.4 is 10.6 Å². The van der Waals surface area contributed by atoms with Crippen molar-refractivity contribution < 1.29 is 0 Å². The van der Waals surface area contributed by atoms with Crippen LogP contribution in [0.4, 0.5) is 11.4 Å². The van der Waals surface area contributed by atoms with Gasteiger partial charge in [-0.05, 0) is 35.9 Å². The second-order valence-corrected chi connectivity index (χ2v) is 4.81. The van der Waals surface area contributed by atoms with Crippen molar-refractivity contribution in [3.05, 3.63) is 58.6 Å². The van der Waals surface area contributed by atoms with Gasteiger partial charge in [-0.15, -0.1) is 0 Å². The molecule has 0 fully saturated rings. The molecule has 19 heavy (non-hydrogen) atoms. The molecule has 0 bridgehead atoms. The first kappa shape index (κ1) is 13.3. The Hall–Kier alpha value is -2.18. The smallest absolute Gasteiger partial charge is 0.101 e. The Morgan fingerprint density at radius 2 is 1.89 bits per heavy atom. The maximum absolute atomic E-state index is 9.14. The molecule has 4 heteroatoms. The first-order valence-corrected chi connectivity index (χ1v) is 6.23. The molecule has 0 aliphatic carbocycles. The molecule has 2 rings (SSSR count). The van der Waals surface area contributed by atoms with Crippen molar-refractivity contribution in [1.29, 1.82) is 5.26 Å². The van der Waals surface area contributed by atoms with Gasteiger partial charge in [0.25, 0.3) is 0 Å². The zero-order chi connectivity index (χ0) is 13.8. The van der Waals surface area contributed by atoms with Gasteiger partial charge in [0, 0.05) is 24.3 Å². The van der Waals surface area contributed by atoms with Crippen molar-refractivity contribution in [1.82, 2.24) is 0 Å². The molecular formula is C15H14ClN3. The summed E-state index contributed by atoms with van der Waals surface area (Å²) in [5.74, 6) is 0. The van der Waals surface area contributed by atoms with Gasteiger partial charge in [-0.3, -0.25) is 0 Å². The summed E-state index contributed by atoms with van der Waals surface area (Å²) in [6.45, 7) is 0.704. The summed E-state index contributed by atoms with van der Waals surface area (Å²) >= 11 is 5.86. The van der Waals surface area contributed by atoms with E-state index in [2.05, 4.69) is 6.07 Å². The van der Waals surface area contributed by atoms with Crippen LogP contribution in [-0.4, -0.2) is 7.05 Å². The van der Waals surface area contributed by atoms with Gasteiger partial charge >= 0.3 is 0 Å². The van der Waals surface area contributed by atoms with Crippen LogP contribution in [0.25, 0.3) is 0 Å². The lowest BCUT2D eigenvalue weighted by atomic mass is 10.1. The Morgan fingerprint density at radius 3 is 2.53 bits per heavy atom. The van der Waals surface area contributed by atoms with E-state index in [1.807, 2.05) is 42.3 Å². The van der Waals surface area contributed by atoms with E-state index in [1.165, 1.54) is 0 Å². The number of rotatable bonds is 3. The molecule has 0 aliphatic heterocycles. The number of anilines is 2. The zero-order valence-electron chi connectivity index (χ0n) is 10.6. The highest BCUT2D eigenvalue weighted by Crippen LogP contribution is 2.23. The van der Waals surface area contributed by atoms with Crippen molar-refractivity contribution in [2.45, 2.75) is 6.54 Å². The van der Waals surface area contributed by atoms with Crippen molar-refractivity contribution >= 4 is 23.0 Å². The van der Waals surface area contributed by atoms with Gasteiger partial charge in [0.2, 0.25) is 0 Å². The fourth-order valence-corrected chi connectivity index (χ4v) is 2.05. The number of hydrogen-bond donors (Lipinski definition) is 1. The Morgan fingerprint density at radius 1 is 1.21 bits per heavy atom. The minimum absolute atomic E-state index is 0.580. The molecule has 0 spiro atoms. The van der Waals surface area contributed by atoms with E-state index in [-0.39, 0.29) is 0 Å². The normalized spacial score (nSPS) is 9.95. The number of halogens is 1. The molecule has 0 amide bonds. The fourth-order valence-electron chi connectivity index (χ4n) is 1.92. The van der Waals surface area contributed by atoms with Gasteiger partial charge < -0.3 is 10.6 Å². The second-order valence-electron chi connectivity index (χ2n) is 4.37. The maximum Gasteiger partial charge on any atom is 0.101 e. The summed E-state index contributed by atoms with van der Waals surface area (Å²) in [7, 11) is 1.95. The van der Waals surface area contributed by atoms with E-state index >= 15 is 0 Å². The molecule has 0 saturated heterocycles. The van der Waals surface area contributed by atoms with Crippen LogP contribution in [-0.2, 0) is 6.54 Å². The molecule has 2 aromatic carbocycles. The van der Waals surface area contributed by atoms with Crippen LogP contribution in [0.2, 0.25) is 5.02 Å². The van der Waals surface area contributed by atoms with Gasteiger partial charge in [-0.1, -0.05) is 23.7 Å². The Bertz CT molecular complexity index is 614. The van der Waals surface area contributed by atoms with Gasteiger partial charge in [-0.25, -0.2) is 0 Å². The lowest BCUT2D eigenvalue weighted by molar-refractivity contribution is 0.921. The third-order valence-electron chi connectivity index (χ3n) is 2.89. The summed E-state index contributed by atoms with van der Waals surface area (Å²) in [6, 6.07) is 15.2. The van der Waals surface area contributed by atoms with Crippen molar-refractivity contribution in [3.63, 3.8) is 0 Å². The monoisotopic (exact) mass is 271 g/mol. The van der Waals surface area contributed by atoms with E-state index in [9.17, 15) is 0 Å². The SMILES string of the molecule is CN(Cc1ccc(Cl)cc1)c1ccc(N)cc1C#N. The molecule has 3 nitrogen and oxygen atoms in total. The second kappa shape index (κ2) is 5.64. The summed E-state index contributed by atoms with van der Waals surface area (Å²) < 4.78 is 0. The molecule has 0 unspecified atom stereocenters. The van der Waals surface area contributed by atoms with Crippen molar-refractivity contribution in [3.8, 4) is 6.07 Å². The minimum atomic E-state index is 0.580. The molecule has 0 saturated carbocycles. The third-order valence-corrected chi connectivity index (χ3v) is 3.14. The van der Waals surface area contributed by atoms with Gasteiger partial charge in [0.05, 0.1) is 11.3 Å². The zero-order valence-corrected chi connectivity index (χ0v) is 11.4. The van der Waals surface area contributed by atoms with E-state index in [0.717, 1.165) is 16.3 Å². The standard InChI is InChI=1S/C15H14ClN3/c1-19(10-11-2-4-13(16)5-3-11)15-7-6-14(18)8-12(15)9-17/h2-8H,10,18H2,1H3. The Kier molecular flexibility index (Phi) is 3.94. The highest BCUT2D eigenvalue weighted by molar-refractivity contribution is 6.30. The average Bonchev–Trinajstić information content (AvgIpc) is 2.41. The van der Waals surface area contributed by atoms with Crippen molar-refractivity contribution in [2.75, 3.05) is 17.7 Å². The van der Waals surface area contributed by atoms with Crippen LogP contribution in [0.5, 0.6) is 0 Å². The van der Waals surface area contributed by atoms with Crippen LogP contribution in [0, 0.1) is 11.3 Å². The van der Waals surface area contributed by atoms with E-state index in [0.29, 0.717) is 17.8 Å². The molecule has 0 aliphatic rings. The highest BCUT2D eigenvalue weighted by Gasteiger charge is 2.08. The third kappa shape index (κ3) is 3.18. The van der Waals surface area contributed by atoms with Crippen LogP contribution in [0.3, 0.4) is 0 Å². The van der Waals surface area contributed by atoms with E-state index in [1.54, 1.807) is 12.1 Å². The lowest BCUT2D eigenvalue weighted by Gasteiger charge is -2.21. The summed E-state index contributed by atoms with van der Waals surface area (Å²) in [5.41, 5.74) is 8.86. The van der Waals surface area contributed by atoms with E-state index < -0.39 is 0 Å². The average molecular weight is 272 g/mol. The Balaban J connectivity index is 2.23. The summed E-state index contributed by atoms with van der Waals surface area (Å²) in [4.78, 5) is 2.02. The molecule has 2 N–H and O–H groups in total. The quantitative estimate of drug-likeness (QED) is 0.870. The molecular weight excluding hydrogens is 258 g/mol. The predicted molar refractivity (Wildman–Crippen MR) is 79.1 cm³/mol. The number of benzene rings is 2. The highest BCUT2D eigenvalue weighted by atomic mass is 35.5. The first-order valence-electron chi connectivity index (χ1n) is 5.85. The number of hydrogen-bond acceptors (Lipinski definition) is 3. The van der Waals surface area contributed by atoms with E-state index in [4.69, 9.17) is 22.6 Å². The van der Waals surface area contributed by atoms with Crippen LogP contribution >= 0.6 is 11.6 Å². The summed E-state index contributed by atoms with van der Waals surface area (Å²) in [6.07, 6.45) is 0. The van der Waals surface area contributed by atoms with Gasteiger partial charge in [0.15, 0.2) is 0 Å². The van der Waals surface area contributed by atoms with Crippen LogP contribution in [0.1, 0.15) is 11.1 Å². The summed E-state index contributed by atoms with van der Waals surface area (Å²) in [5, 5.41) is 9.86. The van der Waals surface area contributed by atoms with Crippen molar-refractivity contribution in [2.24, 2.45) is 0 Å². The van der Waals surface area contributed by atoms with Crippen LogP contribution in [0.15, 0.2) is 42.5 Å². The molecule has 0 radical (unpaired) electrons. The molecule has 0 atom stereocenters.